The Morgan fingerprint density at radius 1 is 1.07 bits per heavy atom. The standard InChI is InChI=1S/C21H17FN4O2S/c1-28-17-4-2-3-15(11-17)13-29-21-25-19-18(23-9-10-24-19)20(27)26(21)12-14-5-7-16(22)8-6-14/h2-11H,12-13H2,1H3. The number of hydrogen-bond acceptors (Lipinski definition) is 6. The molecule has 0 saturated heterocycles. The van der Waals surface area contributed by atoms with Crippen LogP contribution in [0.15, 0.2) is 70.9 Å². The molecular weight excluding hydrogens is 391 g/mol. The molecule has 2 aromatic carbocycles. The normalized spacial score (nSPS) is 11.0. The summed E-state index contributed by atoms with van der Waals surface area (Å²) in [4.78, 5) is 25.9. The zero-order chi connectivity index (χ0) is 20.2. The number of hydrogen-bond donors (Lipinski definition) is 0. The van der Waals surface area contributed by atoms with Gasteiger partial charge < -0.3 is 4.74 Å². The summed E-state index contributed by atoms with van der Waals surface area (Å²) in [6, 6.07) is 13.8. The van der Waals surface area contributed by atoms with E-state index in [1.807, 2.05) is 24.3 Å². The minimum atomic E-state index is -0.323. The van der Waals surface area contributed by atoms with E-state index in [0.29, 0.717) is 16.6 Å². The van der Waals surface area contributed by atoms with Gasteiger partial charge in [-0.15, -0.1) is 0 Å². The van der Waals surface area contributed by atoms with Crippen molar-refractivity contribution in [3.05, 3.63) is 88.2 Å². The average molecular weight is 408 g/mol. The minimum absolute atomic E-state index is 0.209. The summed E-state index contributed by atoms with van der Waals surface area (Å²) in [6.07, 6.45) is 2.98. The van der Waals surface area contributed by atoms with Crippen LogP contribution in [0.5, 0.6) is 5.75 Å². The van der Waals surface area contributed by atoms with Crippen LogP contribution < -0.4 is 10.3 Å². The van der Waals surface area contributed by atoms with Gasteiger partial charge in [0.1, 0.15) is 11.6 Å². The van der Waals surface area contributed by atoms with Crippen LogP contribution in [-0.4, -0.2) is 26.6 Å². The van der Waals surface area contributed by atoms with E-state index in [-0.39, 0.29) is 23.4 Å². The number of fused-ring (bicyclic) bond motifs is 1. The molecule has 0 atom stereocenters. The summed E-state index contributed by atoms with van der Waals surface area (Å²) in [5.74, 6) is 1.04. The van der Waals surface area contributed by atoms with E-state index in [2.05, 4.69) is 15.0 Å². The van der Waals surface area contributed by atoms with E-state index in [9.17, 15) is 9.18 Å². The minimum Gasteiger partial charge on any atom is -0.497 e. The second kappa shape index (κ2) is 8.40. The van der Waals surface area contributed by atoms with Gasteiger partial charge in [0, 0.05) is 18.1 Å². The molecule has 0 radical (unpaired) electrons. The summed E-state index contributed by atoms with van der Waals surface area (Å²) < 4.78 is 20.1. The highest BCUT2D eigenvalue weighted by Gasteiger charge is 2.14. The van der Waals surface area contributed by atoms with Crippen molar-refractivity contribution in [1.82, 2.24) is 19.5 Å². The van der Waals surface area contributed by atoms with Crippen molar-refractivity contribution >= 4 is 22.9 Å². The predicted molar refractivity (Wildman–Crippen MR) is 110 cm³/mol. The van der Waals surface area contributed by atoms with Crippen molar-refractivity contribution in [2.24, 2.45) is 0 Å². The lowest BCUT2D eigenvalue weighted by atomic mass is 10.2. The third-order valence-electron chi connectivity index (χ3n) is 4.32. The maximum atomic E-state index is 13.2. The Morgan fingerprint density at radius 3 is 2.66 bits per heavy atom. The zero-order valence-electron chi connectivity index (χ0n) is 15.6. The Balaban J connectivity index is 1.72. The van der Waals surface area contributed by atoms with Crippen molar-refractivity contribution in [3.63, 3.8) is 0 Å². The van der Waals surface area contributed by atoms with Crippen molar-refractivity contribution in [2.75, 3.05) is 7.11 Å². The molecule has 146 valence electrons. The van der Waals surface area contributed by atoms with Crippen molar-refractivity contribution in [3.8, 4) is 5.75 Å². The summed E-state index contributed by atoms with van der Waals surface area (Å²) in [7, 11) is 1.62. The molecule has 0 amide bonds. The number of ether oxygens (including phenoxy) is 1. The smallest absolute Gasteiger partial charge is 0.282 e. The van der Waals surface area contributed by atoms with E-state index in [0.717, 1.165) is 16.9 Å². The highest BCUT2D eigenvalue weighted by molar-refractivity contribution is 7.98. The number of methoxy groups -OCH3 is 1. The molecule has 6 nitrogen and oxygen atoms in total. The van der Waals surface area contributed by atoms with Crippen LogP contribution in [0.1, 0.15) is 11.1 Å². The van der Waals surface area contributed by atoms with Gasteiger partial charge in [-0.1, -0.05) is 36.0 Å². The van der Waals surface area contributed by atoms with Gasteiger partial charge in [0.25, 0.3) is 5.56 Å². The Bertz CT molecular complexity index is 1210. The molecular formula is C21H17FN4O2S. The average Bonchev–Trinajstić information content (AvgIpc) is 2.76. The van der Waals surface area contributed by atoms with Crippen LogP contribution in [0.25, 0.3) is 11.2 Å². The Labute approximate surface area is 170 Å². The molecule has 4 rings (SSSR count). The molecule has 0 spiro atoms. The number of benzene rings is 2. The van der Waals surface area contributed by atoms with Gasteiger partial charge in [-0.25, -0.2) is 19.3 Å². The van der Waals surface area contributed by atoms with Gasteiger partial charge >= 0.3 is 0 Å². The van der Waals surface area contributed by atoms with Gasteiger partial charge in [0.2, 0.25) is 0 Å². The molecule has 2 heterocycles. The Morgan fingerprint density at radius 2 is 1.86 bits per heavy atom. The first-order valence-electron chi connectivity index (χ1n) is 8.86. The number of halogens is 1. The first-order chi connectivity index (χ1) is 14.1. The summed E-state index contributed by atoms with van der Waals surface area (Å²) in [5.41, 5.74) is 2.07. The summed E-state index contributed by atoms with van der Waals surface area (Å²) in [6.45, 7) is 0.263. The molecule has 8 heteroatoms. The van der Waals surface area contributed by atoms with Gasteiger partial charge in [0.05, 0.1) is 13.7 Å². The molecule has 4 aromatic rings. The van der Waals surface area contributed by atoms with E-state index in [4.69, 9.17) is 4.74 Å². The topological polar surface area (TPSA) is 69.9 Å². The van der Waals surface area contributed by atoms with Crippen molar-refractivity contribution < 1.29 is 9.13 Å². The van der Waals surface area contributed by atoms with Crippen LogP contribution in [0.4, 0.5) is 4.39 Å². The van der Waals surface area contributed by atoms with E-state index in [1.54, 1.807) is 23.8 Å². The van der Waals surface area contributed by atoms with E-state index >= 15 is 0 Å². The van der Waals surface area contributed by atoms with Gasteiger partial charge in [-0.3, -0.25) is 9.36 Å². The number of thioether (sulfide) groups is 1. The Kier molecular flexibility index (Phi) is 5.53. The molecule has 0 aliphatic carbocycles. The lowest BCUT2D eigenvalue weighted by Gasteiger charge is -2.13. The molecule has 0 saturated carbocycles. The van der Waals surface area contributed by atoms with Crippen LogP contribution in [0.3, 0.4) is 0 Å². The molecule has 0 bridgehead atoms. The van der Waals surface area contributed by atoms with E-state index < -0.39 is 0 Å². The number of aromatic nitrogens is 4. The highest BCUT2D eigenvalue weighted by Crippen LogP contribution is 2.24. The van der Waals surface area contributed by atoms with Crippen molar-refractivity contribution in [1.29, 1.82) is 0 Å². The third kappa shape index (κ3) is 4.27. The zero-order valence-corrected chi connectivity index (χ0v) is 16.4. The molecule has 29 heavy (non-hydrogen) atoms. The fourth-order valence-electron chi connectivity index (χ4n) is 2.86. The van der Waals surface area contributed by atoms with Crippen LogP contribution in [0.2, 0.25) is 0 Å². The molecule has 0 aliphatic rings. The van der Waals surface area contributed by atoms with E-state index in [1.165, 1.54) is 36.3 Å². The molecule has 0 N–H and O–H groups in total. The fourth-order valence-corrected chi connectivity index (χ4v) is 3.79. The second-order valence-corrected chi connectivity index (χ2v) is 7.22. The monoisotopic (exact) mass is 408 g/mol. The fraction of sp³-hybridized carbons (Fsp3) is 0.143. The summed E-state index contributed by atoms with van der Waals surface area (Å²) in [5, 5.41) is 0.523. The van der Waals surface area contributed by atoms with Gasteiger partial charge in [-0.05, 0) is 35.4 Å². The predicted octanol–water partition coefficient (Wildman–Crippen LogP) is 3.67. The maximum absolute atomic E-state index is 13.2. The summed E-state index contributed by atoms with van der Waals surface area (Å²) >= 11 is 1.43. The lowest BCUT2D eigenvalue weighted by Crippen LogP contribution is -2.25. The first kappa shape index (κ1) is 19.1. The number of nitrogens with zero attached hydrogens (tertiary/aromatic N) is 4. The SMILES string of the molecule is COc1cccc(CSc2nc3nccnc3c(=O)n2Cc2ccc(F)cc2)c1. The number of rotatable bonds is 6. The van der Waals surface area contributed by atoms with Crippen molar-refractivity contribution in [2.45, 2.75) is 17.5 Å². The van der Waals surface area contributed by atoms with Gasteiger partial charge in [0.15, 0.2) is 16.3 Å². The Hall–Kier alpha value is -3.26. The second-order valence-electron chi connectivity index (χ2n) is 6.28. The van der Waals surface area contributed by atoms with Crippen LogP contribution >= 0.6 is 11.8 Å². The first-order valence-corrected chi connectivity index (χ1v) is 9.84. The van der Waals surface area contributed by atoms with Gasteiger partial charge in [-0.2, -0.15) is 0 Å². The third-order valence-corrected chi connectivity index (χ3v) is 5.36. The molecule has 0 fully saturated rings. The largest absolute Gasteiger partial charge is 0.497 e. The molecule has 0 unspecified atom stereocenters. The molecule has 0 aliphatic heterocycles. The van der Waals surface area contributed by atoms with Crippen LogP contribution in [-0.2, 0) is 12.3 Å². The highest BCUT2D eigenvalue weighted by atomic mass is 32.2. The van der Waals surface area contributed by atoms with Crippen LogP contribution in [0, 0.1) is 5.82 Å². The maximum Gasteiger partial charge on any atom is 0.282 e. The lowest BCUT2D eigenvalue weighted by molar-refractivity contribution is 0.414. The quantitative estimate of drug-likeness (QED) is 0.358. The molecule has 2 aromatic heterocycles.